The third-order valence-corrected chi connectivity index (χ3v) is 8.17. The van der Waals surface area contributed by atoms with Gasteiger partial charge in [0.1, 0.15) is 30.8 Å². The van der Waals surface area contributed by atoms with Crippen molar-refractivity contribution in [3.63, 3.8) is 0 Å². The molecule has 2 atom stereocenters. The summed E-state index contributed by atoms with van der Waals surface area (Å²) in [6.45, 7) is 1.23. The lowest BCUT2D eigenvalue weighted by atomic mass is 10.0. The highest BCUT2D eigenvalue weighted by Gasteiger charge is 2.53. The fourth-order valence-electron chi connectivity index (χ4n) is 3.95. The second-order valence-electron chi connectivity index (χ2n) is 8.96. The number of nitrogens with one attached hydrogen (secondary N) is 1. The Morgan fingerprint density at radius 2 is 2.11 bits per heavy atom. The third-order valence-electron chi connectivity index (χ3n) is 5.61. The number of anilines is 2. The molecule has 1 saturated heterocycles. The predicted octanol–water partition coefficient (Wildman–Crippen LogP) is -1.25. The lowest BCUT2D eigenvalue weighted by Crippen LogP contribution is -2.71. The number of β-lactam (4-membered cyclic amide) rings is 1. The summed E-state index contributed by atoms with van der Waals surface area (Å²) in [5.74, 6) is -2.55. The van der Waals surface area contributed by atoms with Gasteiger partial charge < -0.3 is 36.0 Å². The van der Waals surface area contributed by atoms with E-state index in [9.17, 15) is 19.5 Å². The minimum Gasteiger partial charge on any atom is -0.543 e. The molecule has 1 fully saturated rings. The minimum atomic E-state index is -1.47. The largest absolute Gasteiger partial charge is 0.543 e. The van der Waals surface area contributed by atoms with Crippen molar-refractivity contribution < 1.29 is 28.8 Å². The predicted molar refractivity (Wildman–Crippen MR) is 141 cm³/mol. The Morgan fingerprint density at radius 3 is 2.71 bits per heavy atom. The fraction of sp³-hybridized carbons (Fsp3) is 0.381. The first-order valence-electron chi connectivity index (χ1n) is 11.1. The molecule has 0 radical (unpaired) electrons. The van der Waals surface area contributed by atoms with Gasteiger partial charge in [-0.2, -0.15) is 9.36 Å². The van der Waals surface area contributed by atoms with Crippen LogP contribution in [0.25, 0.3) is 0 Å². The van der Waals surface area contributed by atoms with Crippen LogP contribution < -0.4 is 21.9 Å². The highest BCUT2D eigenvalue weighted by atomic mass is 32.2. The number of carbonyl (C=O) groups excluding carboxylic acids is 3. The van der Waals surface area contributed by atoms with Gasteiger partial charge in [0.15, 0.2) is 10.3 Å². The topological polar surface area (TPSA) is 202 Å². The van der Waals surface area contributed by atoms with Crippen molar-refractivity contribution in [2.75, 3.05) is 45.0 Å². The molecule has 0 aliphatic carbocycles. The number of allylic oxidation sites excluding steroid dienone is 1. The maximum absolute atomic E-state index is 13.0. The first-order valence-corrected chi connectivity index (χ1v) is 13.8. The molecule has 14 nitrogen and oxygen atoms in total. The number of likely N-dealkylation sites (N-methyl/N-ethyl adjacent to an activating group) is 1. The molecule has 2 aliphatic heterocycles. The van der Waals surface area contributed by atoms with Crippen molar-refractivity contribution in [2.24, 2.45) is 5.16 Å². The normalized spacial score (nSPS) is 19.9. The molecule has 17 heteroatoms. The molecule has 4 rings (SSSR count). The first kappa shape index (κ1) is 27.5. The van der Waals surface area contributed by atoms with E-state index >= 15 is 0 Å². The average Bonchev–Trinajstić information content (AvgIpc) is 3.46. The quantitative estimate of drug-likeness (QED) is 0.131. The van der Waals surface area contributed by atoms with Crippen molar-refractivity contribution in [2.45, 2.75) is 18.0 Å². The minimum absolute atomic E-state index is 0.0471. The molecule has 0 bridgehead atoms. The van der Waals surface area contributed by atoms with Crippen molar-refractivity contribution in [1.82, 2.24) is 24.6 Å². The van der Waals surface area contributed by atoms with Gasteiger partial charge in [-0.05, 0) is 11.6 Å². The van der Waals surface area contributed by atoms with Crippen molar-refractivity contribution in [3.05, 3.63) is 40.3 Å². The van der Waals surface area contributed by atoms with E-state index in [1.807, 2.05) is 25.6 Å². The van der Waals surface area contributed by atoms with E-state index in [0.29, 0.717) is 34.0 Å². The van der Waals surface area contributed by atoms with Gasteiger partial charge >= 0.3 is 0 Å². The van der Waals surface area contributed by atoms with E-state index in [0.717, 1.165) is 22.1 Å². The first-order chi connectivity index (χ1) is 18.0. The lowest BCUT2D eigenvalue weighted by Gasteiger charge is -2.50. The maximum atomic E-state index is 13.0. The van der Waals surface area contributed by atoms with E-state index < -0.39 is 29.2 Å². The summed E-state index contributed by atoms with van der Waals surface area (Å²) in [5.41, 5.74) is 12.2. The number of hydrogen-bond donors (Lipinski definition) is 3. The van der Waals surface area contributed by atoms with Crippen LogP contribution in [0, 0.1) is 0 Å². The number of rotatable bonds is 10. The number of nitrogen functional groups attached to an aromatic ring is 2. The average molecular weight is 580 g/mol. The van der Waals surface area contributed by atoms with Gasteiger partial charge in [0, 0.05) is 22.7 Å². The molecule has 5 N–H and O–H groups in total. The van der Waals surface area contributed by atoms with E-state index in [2.05, 4.69) is 24.8 Å². The molecule has 2 aromatic heterocycles. The fourth-order valence-corrected chi connectivity index (χ4v) is 6.26. The molecular formula is C21H25N9O5S3. The van der Waals surface area contributed by atoms with Gasteiger partial charge in [-0.25, -0.2) is 4.98 Å². The number of hydrogen-bond acceptors (Lipinski definition) is 14. The Balaban J connectivity index is 1.45. The molecule has 2 aromatic rings. The summed E-state index contributed by atoms with van der Waals surface area (Å²) in [4.78, 5) is 51.9. The Bertz CT molecular complexity index is 1350. The number of aromatic nitrogens is 3. The number of oxime groups is 1. The molecule has 0 unspecified atom stereocenters. The summed E-state index contributed by atoms with van der Waals surface area (Å²) in [6.07, 6.45) is 3.56. The number of carbonyl (C=O) groups is 3. The van der Waals surface area contributed by atoms with Gasteiger partial charge in [0.2, 0.25) is 11.5 Å². The molecular weight excluding hydrogens is 554 g/mol. The van der Waals surface area contributed by atoms with E-state index in [-0.39, 0.29) is 22.4 Å². The zero-order valence-corrected chi connectivity index (χ0v) is 23.1. The van der Waals surface area contributed by atoms with Gasteiger partial charge in [0.05, 0.1) is 32.3 Å². The van der Waals surface area contributed by atoms with E-state index in [1.165, 1.54) is 30.2 Å². The number of carboxylic acids is 1. The van der Waals surface area contributed by atoms with Crippen LogP contribution in [0.4, 0.5) is 10.3 Å². The van der Waals surface area contributed by atoms with Crippen molar-refractivity contribution in [1.29, 1.82) is 0 Å². The SMILES string of the molecule is CO/N=C(\C(=O)N[C@@H]1C(=O)N2C(C(=O)[O-])=C(/C=C/C[N+](C)(C)Cc3csc(N)n3)CS[C@@H]12)c1nsc(N)n1. The number of amides is 2. The number of thiazole rings is 1. The van der Waals surface area contributed by atoms with Crippen LogP contribution >= 0.6 is 34.6 Å². The van der Waals surface area contributed by atoms with Crippen LogP contribution in [0.5, 0.6) is 0 Å². The number of thioether (sulfide) groups is 1. The number of nitrogens with two attached hydrogens (primary N) is 2. The summed E-state index contributed by atoms with van der Waals surface area (Å²) in [6, 6.07) is -0.980. The number of nitrogens with zero attached hydrogens (tertiary/aromatic N) is 6. The summed E-state index contributed by atoms with van der Waals surface area (Å²) >= 11 is 3.58. The number of fused-ring (bicyclic) bond motifs is 1. The van der Waals surface area contributed by atoms with Gasteiger partial charge in [0.25, 0.3) is 11.8 Å². The van der Waals surface area contributed by atoms with E-state index in [1.54, 1.807) is 6.08 Å². The van der Waals surface area contributed by atoms with Crippen LogP contribution in [0.1, 0.15) is 11.5 Å². The van der Waals surface area contributed by atoms with E-state index in [4.69, 9.17) is 16.3 Å². The number of carboxylic acid groups (broad SMARTS) is 1. The second kappa shape index (κ2) is 11.1. The highest BCUT2D eigenvalue weighted by molar-refractivity contribution is 8.00. The van der Waals surface area contributed by atoms with Gasteiger partial charge in [-0.15, -0.1) is 23.1 Å². The Morgan fingerprint density at radius 1 is 1.34 bits per heavy atom. The van der Waals surface area contributed by atoms with Gasteiger partial charge in [-0.3, -0.25) is 14.5 Å². The number of aliphatic carboxylic acids is 1. The van der Waals surface area contributed by atoms with Crippen LogP contribution in [0.3, 0.4) is 0 Å². The molecule has 0 spiro atoms. The monoisotopic (exact) mass is 579 g/mol. The van der Waals surface area contributed by atoms with Gasteiger partial charge in [-0.1, -0.05) is 11.2 Å². The third kappa shape index (κ3) is 5.79. The smallest absolute Gasteiger partial charge is 0.278 e. The Hall–Kier alpha value is -3.54. The summed E-state index contributed by atoms with van der Waals surface area (Å²) in [5, 5.41) is 20.2. The summed E-state index contributed by atoms with van der Waals surface area (Å²) in [7, 11) is 5.28. The van der Waals surface area contributed by atoms with Crippen LogP contribution in [0.15, 0.2) is 34.0 Å². The molecule has 0 saturated carbocycles. The molecule has 0 aromatic carbocycles. The highest BCUT2D eigenvalue weighted by Crippen LogP contribution is 2.40. The maximum Gasteiger partial charge on any atom is 0.278 e. The lowest BCUT2D eigenvalue weighted by molar-refractivity contribution is -0.898. The molecule has 38 heavy (non-hydrogen) atoms. The standard InChI is InChI=1S/C21H25N9O5S3/c1-30(2,7-11-9-37-20(22)24-11)6-4-5-10-8-36-18-13(17(32)29(18)14(10)19(33)34)25-16(31)12(27-35-3)15-26-21(23)38-28-15/h4-5,9,13,18H,6-8H2,1-3H3,(H5-,22,23,24,25,26,28,31,33,34)/b5-4+,27-12-/t13-,18+/m1/s1. The Labute approximate surface area is 229 Å². The van der Waals surface area contributed by atoms with Crippen LogP contribution in [-0.2, 0) is 25.8 Å². The zero-order chi connectivity index (χ0) is 27.6. The molecule has 2 aliphatic rings. The van der Waals surface area contributed by atoms with Crippen LogP contribution in [0.2, 0.25) is 0 Å². The van der Waals surface area contributed by atoms with Crippen molar-refractivity contribution in [3.8, 4) is 0 Å². The Kier molecular flexibility index (Phi) is 8.00. The molecule has 2 amide bonds. The van der Waals surface area contributed by atoms with Crippen LogP contribution in [-0.4, -0.2) is 92.1 Å². The number of quaternary nitrogens is 1. The summed E-state index contributed by atoms with van der Waals surface area (Å²) < 4.78 is 4.51. The second-order valence-corrected chi connectivity index (χ2v) is 11.7. The molecule has 202 valence electrons. The zero-order valence-electron chi connectivity index (χ0n) is 20.6. The van der Waals surface area contributed by atoms with Crippen molar-refractivity contribution >= 4 is 68.4 Å². The molecule has 4 heterocycles.